The Morgan fingerprint density at radius 1 is 1.09 bits per heavy atom. The Hall–Kier alpha value is -2.95. The van der Waals surface area contributed by atoms with Gasteiger partial charge in [-0.25, -0.2) is 9.67 Å². The minimum atomic E-state index is 0.00886. The van der Waals surface area contributed by atoms with Crippen LogP contribution in [0.3, 0.4) is 0 Å². The van der Waals surface area contributed by atoms with Gasteiger partial charge >= 0.3 is 0 Å². The van der Waals surface area contributed by atoms with Gasteiger partial charge in [0.2, 0.25) is 5.91 Å². The first-order valence-corrected chi connectivity index (χ1v) is 7.61. The summed E-state index contributed by atoms with van der Waals surface area (Å²) in [7, 11) is 0. The third-order valence-corrected chi connectivity index (χ3v) is 3.48. The van der Waals surface area contributed by atoms with Crippen molar-refractivity contribution in [3.8, 4) is 5.82 Å². The fourth-order valence-corrected chi connectivity index (χ4v) is 2.32. The fraction of sp³-hybridized carbons (Fsp3) is 0.167. The molecule has 2 heterocycles. The van der Waals surface area contributed by atoms with Crippen molar-refractivity contribution in [2.24, 2.45) is 0 Å². The van der Waals surface area contributed by atoms with Crippen LogP contribution >= 0.6 is 0 Å². The van der Waals surface area contributed by atoms with Gasteiger partial charge in [0.25, 0.3) is 0 Å². The zero-order chi connectivity index (χ0) is 15.9. The molecule has 3 rings (SSSR count). The molecule has 0 atom stereocenters. The van der Waals surface area contributed by atoms with E-state index < -0.39 is 0 Å². The van der Waals surface area contributed by atoms with Crippen LogP contribution in [-0.2, 0) is 11.2 Å². The maximum absolute atomic E-state index is 12.0. The predicted molar refractivity (Wildman–Crippen MR) is 89.4 cm³/mol. The minimum Gasteiger partial charge on any atom is -0.325 e. The third kappa shape index (κ3) is 4.26. The van der Waals surface area contributed by atoms with E-state index in [2.05, 4.69) is 27.5 Å². The summed E-state index contributed by atoms with van der Waals surface area (Å²) >= 11 is 0. The van der Waals surface area contributed by atoms with Crippen molar-refractivity contribution < 1.29 is 4.79 Å². The molecule has 0 saturated heterocycles. The zero-order valence-electron chi connectivity index (χ0n) is 12.7. The highest BCUT2D eigenvalue weighted by Crippen LogP contribution is 2.10. The van der Waals surface area contributed by atoms with Crippen LogP contribution in [0.2, 0.25) is 0 Å². The topological polar surface area (TPSA) is 59.8 Å². The number of rotatable bonds is 6. The summed E-state index contributed by atoms with van der Waals surface area (Å²) < 4.78 is 1.67. The van der Waals surface area contributed by atoms with Gasteiger partial charge in [-0.15, -0.1) is 0 Å². The van der Waals surface area contributed by atoms with Gasteiger partial charge in [-0.05, 0) is 36.6 Å². The van der Waals surface area contributed by atoms with Crippen LogP contribution in [0.25, 0.3) is 5.82 Å². The Morgan fingerprint density at radius 2 is 1.96 bits per heavy atom. The van der Waals surface area contributed by atoms with E-state index >= 15 is 0 Å². The number of nitrogens with one attached hydrogen (secondary N) is 1. The molecule has 0 aliphatic rings. The van der Waals surface area contributed by atoms with E-state index in [-0.39, 0.29) is 5.91 Å². The van der Waals surface area contributed by atoms with Crippen LogP contribution in [0.5, 0.6) is 0 Å². The monoisotopic (exact) mass is 306 g/mol. The van der Waals surface area contributed by atoms with Gasteiger partial charge in [0.1, 0.15) is 0 Å². The smallest absolute Gasteiger partial charge is 0.224 e. The van der Waals surface area contributed by atoms with E-state index in [1.165, 1.54) is 5.56 Å². The fourth-order valence-electron chi connectivity index (χ4n) is 2.32. The molecule has 1 amide bonds. The van der Waals surface area contributed by atoms with Crippen molar-refractivity contribution in [1.82, 2.24) is 14.8 Å². The lowest BCUT2D eigenvalue weighted by Crippen LogP contribution is -2.12. The van der Waals surface area contributed by atoms with Crippen LogP contribution in [0.4, 0.5) is 5.69 Å². The summed E-state index contributed by atoms with van der Waals surface area (Å²) in [6, 6.07) is 15.7. The van der Waals surface area contributed by atoms with Crippen LogP contribution in [0.15, 0.2) is 67.1 Å². The van der Waals surface area contributed by atoms with E-state index in [9.17, 15) is 4.79 Å². The summed E-state index contributed by atoms with van der Waals surface area (Å²) in [5, 5.41) is 6.98. The Labute approximate surface area is 135 Å². The molecule has 23 heavy (non-hydrogen) atoms. The van der Waals surface area contributed by atoms with Gasteiger partial charge < -0.3 is 5.32 Å². The molecule has 2 aromatic heterocycles. The van der Waals surface area contributed by atoms with Crippen molar-refractivity contribution >= 4 is 11.6 Å². The van der Waals surface area contributed by atoms with Gasteiger partial charge in [0.05, 0.1) is 11.9 Å². The van der Waals surface area contributed by atoms with E-state index in [1.54, 1.807) is 17.1 Å². The molecular formula is C18H18N4O. The van der Waals surface area contributed by atoms with Crippen LogP contribution in [0, 0.1) is 0 Å². The molecule has 0 saturated carbocycles. The number of hydrogen-bond acceptors (Lipinski definition) is 3. The normalized spacial score (nSPS) is 10.4. The van der Waals surface area contributed by atoms with Crippen molar-refractivity contribution in [3.63, 3.8) is 0 Å². The molecule has 3 aromatic rings. The first-order valence-electron chi connectivity index (χ1n) is 7.61. The highest BCUT2D eigenvalue weighted by atomic mass is 16.1. The molecule has 0 bridgehead atoms. The minimum absolute atomic E-state index is 0.00886. The SMILES string of the molecule is O=C(CCCc1ccccc1)Nc1ccc(-n2cccn2)nc1. The molecular weight excluding hydrogens is 288 g/mol. The molecule has 0 spiro atoms. The predicted octanol–water partition coefficient (Wildman–Crippen LogP) is 3.23. The summed E-state index contributed by atoms with van der Waals surface area (Å²) in [4.78, 5) is 16.2. The molecule has 0 aliphatic heterocycles. The quantitative estimate of drug-likeness (QED) is 0.760. The Morgan fingerprint density at radius 3 is 2.65 bits per heavy atom. The number of carbonyl (C=O) groups is 1. The van der Waals surface area contributed by atoms with E-state index in [0.717, 1.165) is 18.7 Å². The highest BCUT2D eigenvalue weighted by Gasteiger charge is 2.04. The average molecular weight is 306 g/mol. The number of carbonyl (C=O) groups excluding carboxylic acids is 1. The lowest BCUT2D eigenvalue weighted by molar-refractivity contribution is -0.116. The number of hydrogen-bond donors (Lipinski definition) is 1. The molecule has 1 aromatic carbocycles. The van der Waals surface area contributed by atoms with Crippen molar-refractivity contribution in [3.05, 3.63) is 72.7 Å². The molecule has 0 fully saturated rings. The van der Waals surface area contributed by atoms with Crippen LogP contribution in [-0.4, -0.2) is 20.7 Å². The molecule has 0 radical (unpaired) electrons. The molecule has 5 nitrogen and oxygen atoms in total. The lowest BCUT2D eigenvalue weighted by atomic mass is 10.1. The third-order valence-electron chi connectivity index (χ3n) is 3.48. The molecule has 1 N–H and O–H groups in total. The largest absolute Gasteiger partial charge is 0.325 e. The van der Waals surface area contributed by atoms with Crippen molar-refractivity contribution in [2.45, 2.75) is 19.3 Å². The number of nitrogens with zero attached hydrogens (tertiary/aromatic N) is 3. The standard InChI is InChI=1S/C18H18N4O/c23-18(9-4-8-15-6-2-1-3-7-15)21-16-10-11-17(19-14-16)22-13-5-12-20-22/h1-3,5-7,10-14H,4,8-9H2,(H,21,23). The Kier molecular flexibility index (Phi) is 4.79. The maximum atomic E-state index is 12.0. The molecule has 0 unspecified atom stereocenters. The van der Waals surface area contributed by atoms with Gasteiger partial charge in [0.15, 0.2) is 5.82 Å². The average Bonchev–Trinajstić information content (AvgIpc) is 3.11. The number of benzene rings is 1. The van der Waals surface area contributed by atoms with E-state index in [0.29, 0.717) is 12.1 Å². The van der Waals surface area contributed by atoms with Crippen LogP contribution in [0.1, 0.15) is 18.4 Å². The second kappa shape index (κ2) is 7.35. The molecule has 116 valence electrons. The van der Waals surface area contributed by atoms with Gasteiger partial charge in [-0.1, -0.05) is 30.3 Å². The number of anilines is 1. The van der Waals surface area contributed by atoms with Gasteiger partial charge in [-0.3, -0.25) is 4.79 Å². The van der Waals surface area contributed by atoms with Crippen molar-refractivity contribution in [2.75, 3.05) is 5.32 Å². The number of amides is 1. The van der Waals surface area contributed by atoms with E-state index in [1.807, 2.05) is 42.6 Å². The summed E-state index contributed by atoms with van der Waals surface area (Å²) in [5.41, 5.74) is 1.95. The number of aryl methyl sites for hydroxylation is 1. The summed E-state index contributed by atoms with van der Waals surface area (Å²) in [5.74, 6) is 0.728. The van der Waals surface area contributed by atoms with Crippen LogP contribution < -0.4 is 5.32 Å². The van der Waals surface area contributed by atoms with Gasteiger partial charge in [0, 0.05) is 18.8 Å². The lowest BCUT2D eigenvalue weighted by Gasteiger charge is -2.06. The highest BCUT2D eigenvalue weighted by molar-refractivity contribution is 5.90. The number of aromatic nitrogens is 3. The first kappa shape index (κ1) is 15.0. The van der Waals surface area contributed by atoms with Crippen molar-refractivity contribution in [1.29, 1.82) is 0 Å². The Bertz CT molecular complexity index is 736. The number of pyridine rings is 1. The van der Waals surface area contributed by atoms with Gasteiger partial charge in [-0.2, -0.15) is 5.10 Å². The zero-order valence-corrected chi connectivity index (χ0v) is 12.7. The molecule has 0 aliphatic carbocycles. The second-order valence-corrected chi connectivity index (χ2v) is 5.24. The second-order valence-electron chi connectivity index (χ2n) is 5.24. The Balaban J connectivity index is 1.48. The van der Waals surface area contributed by atoms with E-state index in [4.69, 9.17) is 0 Å². The summed E-state index contributed by atoms with van der Waals surface area (Å²) in [6.45, 7) is 0. The molecule has 5 heteroatoms. The summed E-state index contributed by atoms with van der Waals surface area (Å²) in [6.07, 6.45) is 7.40. The maximum Gasteiger partial charge on any atom is 0.224 e. The first-order chi connectivity index (χ1) is 11.3.